The first-order valence-electron chi connectivity index (χ1n) is 10.1. The van der Waals surface area contributed by atoms with E-state index in [2.05, 4.69) is 90.9 Å². The number of hydrogen-bond acceptors (Lipinski definition) is 0. The molecule has 1 aliphatic carbocycles. The number of rotatable bonds is 2. The van der Waals surface area contributed by atoms with Gasteiger partial charge in [-0.3, -0.25) is 6.08 Å². The van der Waals surface area contributed by atoms with Crippen molar-refractivity contribution >= 4 is 16.3 Å². The van der Waals surface area contributed by atoms with Gasteiger partial charge in [0.1, 0.15) is 0 Å². The van der Waals surface area contributed by atoms with Crippen molar-refractivity contribution in [2.45, 2.75) is 61.3 Å². The van der Waals surface area contributed by atoms with Gasteiger partial charge in [0, 0.05) is 25.8 Å². The Kier molecular flexibility index (Phi) is 7.73. The predicted molar refractivity (Wildman–Crippen MR) is 119 cm³/mol. The fourth-order valence-electron chi connectivity index (χ4n) is 4.01. The van der Waals surface area contributed by atoms with Crippen molar-refractivity contribution in [1.29, 1.82) is 0 Å². The summed E-state index contributed by atoms with van der Waals surface area (Å²) in [5, 5.41) is 2.69. The molecule has 146 valence electrons. The summed E-state index contributed by atoms with van der Waals surface area (Å²) in [7, 11) is 0. The Hall–Kier alpha value is -1.34. The maximum Gasteiger partial charge on any atom is 0 e. The average Bonchev–Trinajstić information content (AvgIpc) is 3.11. The van der Waals surface area contributed by atoms with E-state index < -0.39 is 0 Å². The molecule has 3 aromatic carbocycles. The minimum Gasteiger partial charge on any atom is -0.268 e. The Morgan fingerprint density at radius 1 is 0.929 bits per heavy atom. The Morgan fingerprint density at radius 3 is 1.93 bits per heavy atom. The summed E-state index contributed by atoms with van der Waals surface area (Å²) < 4.78 is 0. The number of hydrogen-bond donors (Lipinski definition) is 0. The van der Waals surface area contributed by atoms with Crippen LogP contribution in [0, 0.1) is 46.6 Å². The minimum atomic E-state index is 0. The summed E-state index contributed by atoms with van der Waals surface area (Å²) in [4.78, 5) is 0. The van der Waals surface area contributed by atoms with Gasteiger partial charge in [-0.25, -0.2) is 5.57 Å². The first kappa shape index (κ1) is 22.9. The van der Waals surface area contributed by atoms with E-state index in [1.54, 1.807) is 0 Å². The Morgan fingerprint density at radius 2 is 1.46 bits per heavy atom. The van der Waals surface area contributed by atoms with E-state index in [4.69, 9.17) is 0 Å². The molecule has 0 spiro atoms. The summed E-state index contributed by atoms with van der Waals surface area (Å²) >= 11 is 0. The van der Waals surface area contributed by atoms with Crippen LogP contribution in [0.4, 0.5) is 0 Å². The molecule has 0 saturated carbocycles. The smallest absolute Gasteiger partial charge is 0 e. The molecule has 0 aliphatic heterocycles. The zero-order chi connectivity index (χ0) is 19.7. The van der Waals surface area contributed by atoms with Crippen LogP contribution in [0.25, 0.3) is 16.3 Å². The first-order chi connectivity index (χ1) is 12.8. The molecule has 0 saturated heterocycles. The number of fused-ring (bicyclic) bond motifs is 2. The van der Waals surface area contributed by atoms with Gasteiger partial charge in [0.15, 0.2) is 0 Å². The second-order valence-corrected chi connectivity index (χ2v) is 8.41. The fraction of sp³-hybridized carbons (Fsp3) is 0.370. The average molecular weight is 535 g/mol. The van der Waals surface area contributed by atoms with E-state index >= 15 is 0 Å². The van der Waals surface area contributed by atoms with E-state index in [1.165, 1.54) is 55.3 Å². The number of benzene rings is 2. The quantitative estimate of drug-likeness (QED) is 0.235. The number of allylic oxidation sites excluding steroid dienone is 2. The van der Waals surface area contributed by atoms with Gasteiger partial charge in [0.05, 0.1) is 0 Å². The molecular weight excluding hydrogens is 503 g/mol. The van der Waals surface area contributed by atoms with Crippen LogP contribution in [0.5, 0.6) is 0 Å². The van der Waals surface area contributed by atoms with Crippen molar-refractivity contribution in [1.82, 2.24) is 0 Å². The molecule has 0 nitrogen and oxygen atoms in total. The standard InChI is InChI=1S/C17H17.C10H15.Hf/c1-12(2)9-15-7-8-16-10-13-5-3-4-6-14(13)11-17(15)16;1-6-7(2)9(4)10(5)8(6)3;/h3-6,10-12H,8-9H2,1-2H3;1-5H3;/q2*-1;. The normalized spacial score (nSPS) is 12.4. The third-order valence-electron chi connectivity index (χ3n) is 6.21. The van der Waals surface area contributed by atoms with Crippen molar-refractivity contribution in [2.75, 3.05) is 0 Å². The Bertz CT molecular complexity index is 918. The predicted octanol–water partition coefficient (Wildman–Crippen LogP) is 7.57. The van der Waals surface area contributed by atoms with Crippen LogP contribution in [0.1, 0.15) is 59.2 Å². The van der Waals surface area contributed by atoms with Crippen molar-refractivity contribution in [2.24, 2.45) is 5.92 Å². The third kappa shape index (κ3) is 4.62. The molecular formula is C27H32Hf-2. The molecule has 0 aromatic heterocycles. The van der Waals surface area contributed by atoms with E-state index in [0.29, 0.717) is 5.92 Å². The van der Waals surface area contributed by atoms with E-state index in [0.717, 1.165) is 12.8 Å². The Labute approximate surface area is 190 Å². The molecule has 0 amide bonds. The van der Waals surface area contributed by atoms with E-state index in [9.17, 15) is 0 Å². The maximum atomic E-state index is 3.54. The molecule has 0 radical (unpaired) electrons. The summed E-state index contributed by atoms with van der Waals surface area (Å²) in [6.45, 7) is 15.5. The molecule has 1 aliphatic rings. The topological polar surface area (TPSA) is 0 Å². The molecule has 0 heterocycles. The van der Waals surface area contributed by atoms with E-state index in [-0.39, 0.29) is 25.8 Å². The molecule has 0 bridgehead atoms. The van der Waals surface area contributed by atoms with Crippen LogP contribution in [-0.4, -0.2) is 0 Å². The first-order valence-corrected chi connectivity index (χ1v) is 10.1. The van der Waals surface area contributed by atoms with Crippen molar-refractivity contribution in [3.63, 3.8) is 0 Å². The zero-order valence-electron chi connectivity index (χ0n) is 18.5. The fourth-order valence-corrected chi connectivity index (χ4v) is 4.01. The molecule has 0 unspecified atom stereocenters. The molecule has 3 aromatic rings. The van der Waals surface area contributed by atoms with Gasteiger partial charge in [-0.2, -0.15) is 33.4 Å². The van der Waals surface area contributed by atoms with Crippen LogP contribution < -0.4 is 0 Å². The SMILES string of the molecule is CC(C)CC1=[C-]Cc2cc3ccccc3cc21.Cc1c(C)c(C)[c-](C)c1C.[Hf]. The van der Waals surface area contributed by atoms with Gasteiger partial charge in [-0.05, 0) is 16.7 Å². The van der Waals surface area contributed by atoms with Crippen LogP contribution >= 0.6 is 0 Å². The Balaban J connectivity index is 0.000000221. The van der Waals surface area contributed by atoms with Gasteiger partial charge in [-0.1, -0.05) is 85.2 Å². The van der Waals surface area contributed by atoms with Gasteiger partial charge in [0.2, 0.25) is 0 Å². The summed E-state index contributed by atoms with van der Waals surface area (Å²) in [6.07, 6.45) is 5.68. The molecule has 0 atom stereocenters. The van der Waals surface area contributed by atoms with Gasteiger partial charge in [-0.15, -0.1) is 18.1 Å². The van der Waals surface area contributed by atoms with Crippen LogP contribution in [-0.2, 0) is 32.3 Å². The van der Waals surface area contributed by atoms with Crippen molar-refractivity contribution in [3.8, 4) is 0 Å². The van der Waals surface area contributed by atoms with Gasteiger partial charge in [0.25, 0.3) is 0 Å². The van der Waals surface area contributed by atoms with Crippen molar-refractivity contribution < 1.29 is 25.8 Å². The van der Waals surface area contributed by atoms with Gasteiger partial charge >= 0.3 is 0 Å². The van der Waals surface area contributed by atoms with E-state index in [1.807, 2.05) is 0 Å². The van der Waals surface area contributed by atoms with Crippen LogP contribution in [0.15, 0.2) is 36.4 Å². The monoisotopic (exact) mass is 536 g/mol. The largest absolute Gasteiger partial charge is 0.268 e. The second-order valence-electron chi connectivity index (χ2n) is 8.41. The summed E-state index contributed by atoms with van der Waals surface area (Å²) in [6, 6.07) is 13.3. The molecule has 1 heteroatoms. The minimum absolute atomic E-state index is 0. The third-order valence-corrected chi connectivity index (χ3v) is 6.21. The van der Waals surface area contributed by atoms with Gasteiger partial charge < -0.3 is 0 Å². The molecule has 0 N–H and O–H groups in total. The van der Waals surface area contributed by atoms with Crippen molar-refractivity contribution in [3.05, 3.63) is 81.4 Å². The second kappa shape index (κ2) is 9.44. The molecule has 4 rings (SSSR count). The maximum absolute atomic E-state index is 3.54. The van der Waals surface area contributed by atoms with Crippen LogP contribution in [0.2, 0.25) is 0 Å². The summed E-state index contributed by atoms with van der Waals surface area (Å²) in [5.74, 6) is 0.704. The van der Waals surface area contributed by atoms with Crippen LogP contribution in [0.3, 0.4) is 0 Å². The zero-order valence-corrected chi connectivity index (χ0v) is 22.0. The molecule has 28 heavy (non-hydrogen) atoms. The molecule has 0 fully saturated rings. The summed E-state index contributed by atoms with van der Waals surface area (Å²) in [5.41, 5.74) is 11.6.